The number of aliphatic hydroxyl groups excluding tert-OH is 1. The normalized spacial score (nSPS) is 23.5. The number of ketones is 2. The van der Waals surface area contributed by atoms with E-state index in [9.17, 15) is 14.7 Å². The molecular formula is C13H20O4. The second-order valence-electron chi connectivity index (χ2n) is 5.42. The van der Waals surface area contributed by atoms with Crippen molar-refractivity contribution >= 4 is 11.6 Å². The molecule has 1 aliphatic rings. The Labute approximate surface area is 102 Å². The van der Waals surface area contributed by atoms with Crippen LogP contribution in [0.5, 0.6) is 0 Å². The third-order valence-electron chi connectivity index (χ3n) is 3.07. The lowest BCUT2D eigenvalue weighted by molar-refractivity contribution is -0.128. The number of ether oxygens (including phenoxy) is 1. The molecule has 0 saturated carbocycles. The van der Waals surface area contributed by atoms with Crippen molar-refractivity contribution < 1.29 is 19.4 Å². The van der Waals surface area contributed by atoms with E-state index in [1.807, 2.05) is 13.8 Å². The minimum Gasteiger partial charge on any atom is -0.500 e. The third-order valence-corrected chi connectivity index (χ3v) is 3.07. The topological polar surface area (TPSA) is 63.6 Å². The van der Waals surface area contributed by atoms with E-state index in [2.05, 4.69) is 0 Å². The van der Waals surface area contributed by atoms with Gasteiger partial charge in [-0.25, -0.2) is 0 Å². The monoisotopic (exact) mass is 240 g/mol. The third kappa shape index (κ3) is 2.27. The highest BCUT2D eigenvalue weighted by atomic mass is 16.5. The Morgan fingerprint density at radius 1 is 1.47 bits per heavy atom. The summed E-state index contributed by atoms with van der Waals surface area (Å²) < 4.78 is 5.16. The molecule has 1 aliphatic carbocycles. The van der Waals surface area contributed by atoms with E-state index in [-0.39, 0.29) is 23.7 Å². The van der Waals surface area contributed by atoms with E-state index < -0.39 is 17.3 Å². The van der Waals surface area contributed by atoms with Gasteiger partial charge in [-0.2, -0.15) is 0 Å². The summed E-state index contributed by atoms with van der Waals surface area (Å²) in [6.45, 7) is 7.21. The van der Waals surface area contributed by atoms with Crippen LogP contribution < -0.4 is 0 Å². The fourth-order valence-corrected chi connectivity index (χ4v) is 2.12. The minimum atomic E-state index is -1.19. The van der Waals surface area contributed by atoms with Crippen molar-refractivity contribution in [2.75, 3.05) is 7.11 Å². The van der Waals surface area contributed by atoms with E-state index >= 15 is 0 Å². The number of rotatable bonds is 4. The Morgan fingerprint density at radius 2 is 2.00 bits per heavy atom. The lowest BCUT2D eigenvalue weighted by Crippen LogP contribution is -2.31. The average Bonchev–Trinajstić information content (AvgIpc) is 2.37. The van der Waals surface area contributed by atoms with Crippen LogP contribution in [-0.2, 0) is 14.3 Å². The lowest BCUT2D eigenvalue weighted by Gasteiger charge is -2.23. The number of methoxy groups -OCH3 is 1. The molecule has 0 bridgehead atoms. The van der Waals surface area contributed by atoms with Crippen molar-refractivity contribution in [2.45, 2.75) is 40.2 Å². The first-order chi connectivity index (χ1) is 7.73. The van der Waals surface area contributed by atoms with Gasteiger partial charge in [0.1, 0.15) is 17.4 Å². The van der Waals surface area contributed by atoms with Gasteiger partial charge in [0.05, 0.1) is 12.5 Å². The Hall–Kier alpha value is -1.16. The zero-order valence-corrected chi connectivity index (χ0v) is 11.0. The molecule has 0 aromatic heterocycles. The fraction of sp³-hybridized carbons (Fsp3) is 0.692. The largest absolute Gasteiger partial charge is 0.500 e. The van der Waals surface area contributed by atoms with Gasteiger partial charge in [0.15, 0.2) is 11.6 Å². The SMILES string of the molecule is COC1=C(C(=O)CC(C)C)C(=O)C(O)C1(C)C. The van der Waals surface area contributed by atoms with Crippen LogP contribution in [0.25, 0.3) is 0 Å². The summed E-state index contributed by atoms with van der Waals surface area (Å²) >= 11 is 0. The molecule has 0 aromatic rings. The lowest BCUT2D eigenvalue weighted by atomic mass is 9.88. The van der Waals surface area contributed by atoms with Crippen molar-refractivity contribution in [3.05, 3.63) is 11.3 Å². The molecule has 0 fully saturated rings. The van der Waals surface area contributed by atoms with Gasteiger partial charge < -0.3 is 9.84 Å². The van der Waals surface area contributed by atoms with Crippen LogP contribution in [0.1, 0.15) is 34.1 Å². The molecule has 0 heterocycles. The summed E-state index contributed by atoms with van der Waals surface area (Å²) in [5.74, 6) is -0.286. The number of aliphatic hydroxyl groups is 1. The van der Waals surface area contributed by atoms with E-state index in [0.717, 1.165) is 0 Å². The highest BCUT2D eigenvalue weighted by molar-refractivity contribution is 6.24. The molecule has 1 atom stereocenters. The highest BCUT2D eigenvalue weighted by Gasteiger charge is 2.50. The molecular weight excluding hydrogens is 220 g/mol. The van der Waals surface area contributed by atoms with Crippen molar-refractivity contribution in [3.63, 3.8) is 0 Å². The molecule has 0 saturated heterocycles. The van der Waals surface area contributed by atoms with Crippen molar-refractivity contribution in [3.8, 4) is 0 Å². The predicted molar refractivity (Wildman–Crippen MR) is 63.3 cm³/mol. The maximum Gasteiger partial charge on any atom is 0.199 e. The van der Waals surface area contributed by atoms with Crippen molar-refractivity contribution in [1.82, 2.24) is 0 Å². The summed E-state index contributed by atoms with van der Waals surface area (Å²) in [5, 5.41) is 9.86. The summed E-state index contributed by atoms with van der Waals surface area (Å²) in [7, 11) is 1.42. The Bertz CT molecular complexity index is 377. The summed E-state index contributed by atoms with van der Waals surface area (Å²) in [5.41, 5.74) is -0.785. The van der Waals surface area contributed by atoms with Gasteiger partial charge >= 0.3 is 0 Å². The predicted octanol–water partition coefficient (Wildman–Crippen LogP) is 1.47. The first-order valence-corrected chi connectivity index (χ1v) is 5.77. The maximum absolute atomic E-state index is 12.0. The molecule has 17 heavy (non-hydrogen) atoms. The fourth-order valence-electron chi connectivity index (χ4n) is 2.12. The van der Waals surface area contributed by atoms with Crippen molar-refractivity contribution in [1.29, 1.82) is 0 Å². The number of carbonyl (C=O) groups is 2. The number of Topliss-reactive ketones (excluding diaryl/α,β-unsaturated/α-hetero) is 2. The van der Waals surface area contributed by atoms with Gasteiger partial charge in [0.2, 0.25) is 0 Å². The molecule has 96 valence electrons. The first kappa shape index (κ1) is 13.9. The molecule has 0 radical (unpaired) electrons. The zero-order valence-electron chi connectivity index (χ0n) is 11.0. The number of hydrogen-bond acceptors (Lipinski definition) is 4. The smallest absolute Gasteiger partial charge is 0.199 e. The summed E-state index contributed by atoms with van der Waals surface area (Å²) in [6.07, 6.45) is -0.903. The van der Waals surface area contributed by atoms with Crippen LogP contribution in [0.3, 0.4) is 0 Å². The van der Waals surface area contributed by atoms with Crippen LogP contribution in [0.2, 0.25) is 0 Å². The molecule has 0 aromatic carbocycles. The summed E-state index contributed by atoms with van der Waals surface area (Å²) in [6, 6.07) is 0. The van der Waals surface area contributed by atoms with E-state index in [1.54, 1.807) is 13.8 Å². The molecule has 1 unspecified atom stereocenters. The Balaban J connectivity index is 3.18. The molecule has 0 spiro atoms. The van der Waals surface area contributed by atoms with E-state index in [4.69, 9.17) is 4.74 Å². The van der Waals surface area contributed by atoms with Crippen LogP contribution in [-0.4, -0.2) is 29.9 Å². The molecule has 1 N–H and O–H groups in total. The molecule has 1 rings (SSSR count). The molecule has 0 amide bonds. The summed E-state index contributed by atoms with van der Waals surface area (Å²) in [4.78, 5) is 23.9. The standard InChI is InChI=1S/C13H20O4/c1-7(2)6-8(14)9-10(15)11(16)13(3,4)12(9)17-5/h7,11,16H,6H2,1-5H3. The van der Waals surface area contributed by atoms with Gasteiger partial charge in [0.25, 0.3) is 0 Å². The quantitative estimate of drug-likeness (QED) is 0.756. The maximum atomic E-state index is 12.0. The van der Waals surface area contributed by atoms with Gasteiger partial charge in [-0.15, -0.1) is 0 Å². The molecule has 4 nitrogen and oxygen atoms in total. The minimum absolute atomic E-state index is 0.0405. The molecule has 0 aliphatic heterocycles. The van der Waals surface area contributed by atoms with Gasteiger partial charge in [-0.3, -0.25) is 9.59 Å². The van der Waals surface area contributed by atoms with Gasteiger partial charge in [0, 0.05) is 6.42 Å². The van der Waals surface area contributed by atoms with Crippen molar-refractivity contribution in [2.24, 2.45) is 11.3 Å². The first-order valence-electron chi connectivity index (χ1n) is 5.77. The van der Waals surface area contributed by atoms with Gasteiger partial charge in [-0.05, 0) is 19.8 Å². The van der Waals surface area contributed by atoms with Crippen LogP contribution in [0, 0.1) is 11.3 Å². The van der Waals surface area contributed by atoms with Gasteiger partial charge in [-0.1, -0.05) is 13.8 Å². The average molecular weight is 240 g/mol. The number of hydrogen-bond donors (Lipinski definition) is 1. The van der Waals surface area contributed by atoms with E-state index in [0.29, 0.717) is 5.76 Å². The Morgan fingerprint density at radius 3 is 2.41 bits per heavy atom. The Kier molecular flexibility index (Phi) is 3.77. The second-order valence-corrected chi connectivity index (χ2v) is 5.42. The van der Waals surface area contributed by atoms with Crippen LogP contribution >= 0.6 is 0 Å². The second kappa shape index (κ2) is 4.61. The zero-order chi connectivity index (χ0) is 13.4. The molecule has 4 heteroatoms. The van der Waals surface area contributed by atoms with Crippen LogP contribution in [0.15, 0.2) is 11.3 Å². The number of carbonyl (C=O) groups excluding carboxylic acids is 2. The highest BCUT2D eigenvalue weighted by Crippen LogP contribution is 2.41. The van der Waals surface area contributed by atoms with Crippen LogP contribution in [0.4, 0.5) is 0 Å². The van der Waals surface area contributed by atoms with E-state index in [1.165, 1.54) is 7.11 Å².